The molecule has 1 aliphatic rings. The van der Waals surface area contributed by atoms with E-state index in [2.05, 4.69) is 0 Å². The lowest BCUT2D eigenvalue weighted by Gasteiger charge is -2.13. The standard InChI is InChI=1S/C22H18O5/c1-13(20(23)17-10-9-14-6-4-7-15(14)11-17)26-21(24)18-12-16-5-2-3-8-19(16)27-22(18)25/h2-3,5,8-13H,4,6-7H2,1H3/t13-/m0/s1. The van der Waals surface area contributed by atoms with E-state index in [4.69, 9.17) is 9.15 Å². The van der Waals surface area contributed by atoms with Gasteiger partial charge in [0.2, 0.25) is 5.78 Å². The zero-order valence-electron chi connectivity index (χ0n) is 14.9. The number of ketones is 1. The molecular formula is C22H18O5. The first-order valence-corrected chi connectivity index (χ1v) is 8.93. The fourth-order valence-corrected chi connectivity index (χ4v) is 3.44. The van der Waals surface area contributed by atoms with Gasteiger partial charge in [0.05, 0.1) is 0 Å². The maximum absolute atomic E-state index is 12.6. The molecule has 4 rings (SSSR count). The maximum atomic E-state index is 12.6. The molecule has 1 heterocycles. The second-order valence-corrected chi connectivity index (χ2v) is 6.73. The summed E-state index contributed by atoms with van der Waals surface area (Å²) >= 11 is 0. The Kier molecular flexibility index (Phi) is 4.36. The molecule has 1 atom stereocenters. The van der Waals surface area contributed by atoms with Crippen molar-refractivity contribution >= 4 is 22.7 Å². The molecule has 1 aromatic heterocycles. The highest BCUT2D eigenvalue weighted by atomic mass is 16.5. The van der Waals surface area contributed by atoms with E-state index in [-0.39, 0.29) is 11.3 Å². The van der Waals surface area contributed by atoms with Crippen LogP contribution in [0.2, 0.25) is 0 Å². The monoisotopic (exact) mass is 362 g/mol. The SMILES string of the molecule is C[C@H](OC(=O)c1cc2ccccc2oc1=O)C(=O)c1ccc2c(c1)CCC2. The van der Waals surface area contributed by atoms with Crippen LogP contribution in [-0.2, 0) is 17.6 Å². The summed E-state index contributed by atoms with van der Waals surface area (Å²) in [5.41, 5.74) is 2.35. The molecule has 1 aliphatic carbocycles. The smallest absolute Gasteiger partial charge is 0.351 e. The summed E-state index contributed by atoms with van der Waals surface area (Å²) in [5, 5.41) is 0.613. The van der Waals surface area contributed by atoms with Crippen LogP contribution in [0, 0.1) is 0 Å². The number of carbonyl (C=O) groups is 2. The number of esters is 1. The molecule has 2 aromatic carbocycles. The predicted octanol–water partition coefficient (Wildman–Crippen LogP) is 3.71. The van der Waals surface area contributed by atoms with Crippen LogP contribution in [0.25, 0.3) is 11.0 Å². The molecule has 3 aromatic rings. The van der Waals surface area contributed by atoms with Crippen LogP contribution in [0.1, 0.15) is 45.2 Å². The molecule has 0 spiro atoms. The summed E-state index contributed by atoms with van der Waals surface area (Å²) in [5.74, 6) is -1.15. The molecule has 0 N–H and O–H groups in total. The van der Waals surface area contributed by atoms with Crippen molar-refractivity contribution in [2.24, 2.45) is 0 Å². The van der Waals surface area contributed by atoms with Crippen LogP contribution >= 0.6 is 0 Å². The molecule has 0 saturated carbocycles. The molecule has 136 valence electrons. The Hall–Kier alpha value is -3.21. The molecule has 0 bridgehead atoms. The number of aryl methyl sites for hydroxylation is 2. The summed E-state index contributed by atoms with van der Waals surface area (Å²) in [6.07, 6.45) is 2.09. The van der Waals surface area contributed by atoms with Crippen LogP contribution in [0.3, 0.4) is 0 Å². The van der Waals surface area contributed by atoms with Gasteiger partial charge in [-0.15, -0.1) is 0 Å². The quantitative estimate of drug-likeness (QED) is 0.402. The van der Waals surface area contributed by atoms with Gasteiger partial charge in [-0.25, -0.2) is 9.59 Å². The third-order valence-electron chi connectivity index (χ3n) is 4.90. The summed E-state index contributed by atoms with van der Waals surface area (Å²) in [4.78, 5) is 37.1. The van der Waals surface area contributed by atoms with Gasteiger partial charge in [-0.1, -0.05) is 30.3 Å². The van der Waals surface area contributed by atoms with Gasteiger partial charge in [-0.3, -0.25) is 4.79 Å². The molecule has 0 radical (unpaired) electrons. The molecule has 0 saturated heterocycles. The van der Waals surface area contributed by atoms with Crippen LogP contribution in [-0.4, -0.2) is 17.9 Å². The third-order valence-corrected chi connectivity index (χ3v) is 4.90. The summed E-state index contributed by atoms with van der Waals surface area (Å²) in [7, 11) is 0. The number of carbonyl (C=O) groups excluding carboxylic acids is 2. The van der Waals surface area contributed by atoms with Gasteiger partial charge in [-0.2, -0.15) is 0 Å². The van der Waals surface area contributed by atoms with Crippen molar-refractivity contribution in [3.63, 3.8) is 0 Å². The van der Waals surface area contributed by atoms with E-state index in [9.17, 15) is 14.4 Å². The number of hydrogen-bond donors (Lipinski definition) is 0. The number of Topliss-reactive ketones (excluding diaryl/α,β-unsaturated/α-hetero) is 1. The number of para-hydroxylation sites is 1. The van der Waals surface area contributed by atoms with E-state index >= 15 is 0 Å². The minimum absolute atomic E-state index is 0.220. The number of hydrogen-bond acceptors (Lipinski definition) is 5. The molecule has 0 aliphatic heterocycles. The second kappa shape index (κ2) is 6.83. The molecule has 27 heavy (non-hydrogen) atoms. The van der Waals surface area contributed by atoms with E-state index in [1.54, 1.807) is 30.3 Å². The van der Waals surface area contributed by atoms with Gasteiger partial charge in [0, 0.05) is 10.9 Å². The minimum Gasteiger partial charge on any atom is -0.450 e. The Balaban J connectivity index is 1.54. The highest BCUT2D eigenvalue weighted by Gasteiger charge is 2.24. The summed E-state index contributed by atoms with van der Waals surface area (Å²) < 4.78 is 10.4. The largest absolute Gasteiger partial charge is 0.450 e. The number of benzene rings is 2. The van der Waals surface area contributed by atoms with Crippen LogP contribution in [0.5, 0.6) is 0 Å². The predicted molar refractivity (Wildman–Crippen MR) is 100 cm³/mol. The average molecular weight is 362 g/mol. The first-order valence-electron chi connectivity index (χ1n) is 8.93. The zero-order chi connectivity index (χ0) is 19.0. The van der Waals surface area contributed by atoms with E-state index < -0.39 is 17.7 Å². The molecule has 0 unspecified atom stereocenters. The van der Waals surface area contributed by atoms with E-state index in [1.807, 2.05) is 12.1 Å². The normalized spacial score (nSPS) is 14.0. The van der Waals surface area contributed by atoms with Crippen LogP contribution in [0.15, 0.2) is 57.7 Å². The van der Waals surface area contributed by atoms with Gasteiger partial charge in [0.1, 0.15) is 11.1 Å². The van der Waals surface area contributed by atoms with E-state index in [0.29, 0.717) is 16.5 Å². The van der Waals surface area contributed by atoms with Crippen molar-refractivity contribution in [3.8, 4) is 0 Å². The lowest BCUT2D eigenvalue weighted by atomic mass is 10.0. The lowest BCUT2D eigenvalue weighted by Crippen LogP contribution is -2.27. The minimum atomic E-state index is -0.997. The van der Waals surface area contributed by atoms with Crippen LogP contribution < -0.4 is 5.63 Å². The van der Waals surface area contributed by atoms with E-state index in [1.165, 1.54) is 24.1 Å². The zero-order valence-corrected chi connectivity index (χ0v) is 14.9. The van der Waals surface area contributed by atoms with Gasteiger partial charge in [0.15, 0.2) is 6.10 Å². The van der Waals surface area contributed by atoms with Crippen LogP contribution in [0.4, 0.5) is 0 Å². The van der Waals surface area contributed by atoms with Crippen molar-refractivity contribution < 1.29 is 18.7 Å². The summed E-state index contributed by atoms with van der Waals surface area (Å²) in [6, 6.07) is 13.9. The van der Waals surface area contributed by atoms with Crippen molar-refractivity contribution in [1.82, 2.24) is 0 Å². The lowest BCUT2D eigenvalue weighted by molar-refractivity contribution is 0.0315. The third kappa shape index (κ3) is 3.28. The van der Waals surface area contributed by atoms with Crippen molar-refractivity contribution in [2.75, 3.05) is 0 Å². The number of rotatable bonds is 4. The molecule has 5 nitrogen and oxygen atoms in total. The number of ether oxygens (including phenoxy) is 1. The molecule has 5 heteroatoms. The topological polar surface area (TPSA) is 73.6 Å². The highest BCUT2D eigenvalue weighted by molar-refractivity contribution is 6.02. The average Bonchev–Trinajstić information content (AvgIpc) is 3.14. The second-order valence-electron chi connectivity index (χ2n) is 6.73. The van der Waals surface area contributed by atoms with Gasteiger partial charge in [0.25, 0.3) is 0 Å². The fourth-order valence-electron chi connectivity index (χ4n) is 3.44. The summed E-state index contributed by atoms with van der Waals surface area (Å²) in [6.45, 7) is 1.51. The molecule has 0 fully saturated rings. The maximum Gasteiger partial charge on any atom is 0.351 e. The Bertz CT molecular complexity index is 1110. The van der Waals surface area contributed by atoms with Crippen molar-refractivity contribution in [1.29, 1.82) is 0 Å². The Morgan fingerprint density at radius 1 is 1.04 bits per heavy atom. The Morgan fingerprint density at radius 2 is 1.81 bits per heavy atom. The van der Waals surface area contributed by atoms with Gasteiger partial charge in [-0.05, 0) is 55.5 Å². The van der Waals surface area contributed by atoms with E-state index in [0.717, 1.165) is 19.3 Å². The van der Waals surface area contributed by atoms with Crippen molar-refractivity contribution in [2.45, 2.75) is 32.3 Å². The fraction of sp³-hybridized carbons (Fsp3) is 0.227. The Labute approximate surface area is 155 Å². The highest BCUT2D eigenvalue weighted by Crippen LogP contribution is 2.23. The first-order chi connectivity index (χ1) is 13.0. The molecular weight excluding hydrogens is 344 g/mol. The number of fused-ring (bicyclic) bond motifs is 2. The van der Waals surface area contributed by atoms with Gasteiger partial charge < -0.3 is 9.15 Å². The molecule has 0 amide bonds. The first kappa shape index (κ1) is 17.2. The van der Waals surface area contributed by atoms with Crippen molar-refractivity contribution in [3.05, 3.63) is 81.2 Å². The Morgan fingerprint density at radius 3 is 2.67 bits per heavy atom. The van der Waals surface area contributed by atoms with Gasteiger partial charge >= 0.3 is 11.6 Å².